The summed E-state index contributed by atoms with van der Waals surface area (Å²) < 4.78 is 12.3. The van der Waals surface area contributed by atoms with E-state index in [1.54, 1.807) is 0 Å². The Kier molecular flexibility index (Phi) is 7.49. The highest BCUT2D eigenvalue weighted by molar-refractivity contribution is 5.87. The average molecular weight is 459 g/mol. The van der Waals surface area contributed by atoms with Gasteiger partial charge in [-0.1, -0.05) is 18.2 Å². The van der Waals surface area contributed by atoms with Crippen LogP contribution in [0.1, 0.15) is 62.7 Å². The fraction of sp³-hybridized carbons (Fsp3) is 0.625. The van der Waals surface area contributed by atoms with Crippen LogP contribution in [0.4, 0.5) is 4.79 Å². The molecule has 1 aromatic heterocycles. The maximum atomic E-state index is 13.4. The van der Waals surface area contributed by atoms with Crippen molar-refractivity contribution in [3.8, 4) is 0 Å². The number of ether oxygens (including phenoxy) is 2. The molecule has 2 atom stereocenters. The van der Waals surface area contributed by atoms with Crippen molar-refractivity contribution in [1.82, 2.24) is 20.0 Å². The monoisotopic (exact) mass is 458 g/mol. The van der Waals surface area contributed by atoms with E-state index in [4.69, 9.17) is 9.84 Å². The van der Waals surface area contributed by atoms with Crippen LogP contribution in [0.2, 0.25) is 0 Å². The SMILES string of the molecule is COC(=O)NCCCn1nc([C@@H](C)N(C(=O)[C@H]2CCCCO2)C2CC2)c2cccc(CO)c21. The molecule has 2 amide bonds. The summed E-state index contributed by atoms with van der Waals surface area (Å²) in [6.45, 7) is 3.59. The third-order valence-corrected chi connectivity index (χ3v) is 6.52. The Morgan fingerprint density at radius 3 is 2.82 bits per heavy atom. The van der Waals surface area contributed by atoms with Crippen LogP contribution in [-0.2, 0) is 27.4 Å². The molecule has 1 aromatic carbocycles. The number of carbonyl (C=O) groups is 2. The molecule has 1 aliphatic heterocycles. The molecule has 0 spiro atoms. The number of para-hydroxylation sites is 1. The van der Waals surface area contributed by atoms with Gasteiger partial charge in [0.25, 0.3) is 5.91 Å². The van der Waals surface area contributed by atoms with Crippen molar-refractivity contribution in [2.45, 2.75) is 76.8 Å². The number of hydrogen-bond donors (Lipinski definition) is 2. The summed E-state index contributed by atoms with van der Waals surface area (Å²) in [5.74, 6) is 0.0630. The van der Waals surface area contributed by atoms with Gasteiger partial charge in [0.1, 0.15) is 6.10 Å². The number of benzene rings is 1. The Morgan fingerprint density at radius 2 is 2.15 bits per heavy atom. The molecule has 1 saturated carbocycles. The minimum atomic E-state index is -0.464. The molecule has 2 heterocycles. The number of methoxy groups -OCH3 is 1. The number of nitrogens with zero attached hydrogens (tertiary/aromatic N) is 3. The number of amides is 2. The van der Waals surface area contributed by atoms with Crippen molar-refractivity contribution in [2.75, 3.05) is 20.3 Å². The number of fused-ring (bicyclic) bond motifs is 1. The van der Waals surface area contributed by atoms with Crippen molar-refractivity contribution in [3.05, 3.63) is 29.5 Å². The zero-order chi connectivity index (χ0) is 23.4. The van der Waals surface area contributed by atoms with E-state index in [-0.39, 0.29) is 30.7 Å². The molecule has 2 fully saturated rings. The number of nitrogens with one attached hydrogen (secondary N) is 1. The number of alkyl carbamates (subject to hydrolysis) is 1. The van der Waals surface area contributed by atoms with E-state index in [1.165, 1.54) is 7.11 Å². The Balaban J connectivity index is 1.61. The summed E-state index contributed by atoms with van der Waals surface area (Å²) in [5, 5.41) is 18.5. The van der Waals surface area contributed by atoms with Gasteiger partial charge >= 0.3 is 6.09 Å². The van der Waals surface area contributed by atoms with Crippen LogP contribution >= 0.6 is 0 Å². The number of carbonyl (C=O) groups excluding carboxylic acids is 2. The van der Waals surface area contributed by atoms with Gasteiger partial charge in [-0.15, -0.1) is 0 Å². The van der Waals surface area contributed by atoms with Crippen molar-refractivity contribution < 1.29 is 24.2 Å². The van der Waals surface area contributed by atoms with E-state index >= 15 is 0 Å². The van der Waals surface area contributed by atoms with Gasteiger partial charge in [-0.25, -0.2) is 4.79 Å². The third-order valence-electron chi connectivity index (χ3n) is 6.52. The molecule has 180 valence electrons. The summed E-state index contributed by atoms with van der Waals surface area (Å²) >= 11 is 0. The highest BCUT2D eigenvalue weighted by atomic mass is 16.5. The van der Waals surface area contributed by atoms with Crippen molar-refractivity contribution >= 4 is 22.9 Å². The first-order valence-electron chi connectivity index (χ1n) is 11.9. The molecule has 0 unspecified atom stereocenters. The second-order valence-corrected chi connectivity index (χ2v) is 8.86. The van der Waals surface area contributed by atoms with Crippen molar-refractivity contribution in [2.24, 2.45) is 0 Å². The zero-order valence-corrected chi connectivity index (χ0v) is 19.5. The minimum Gasteiger partial charge on any atom is -0.453 e. The lowest BCUT2D eigenvalue weighted by atomic mass is 10.0. The zero-order valence-electron chi connectivity index (χ0n) is 19.5. The second kappa shape index (κ2) is 10.5. The molecule has 4 rings (SSSR count). The largest absolute Gasteiger partial charge is 0.453 e. The van der Waals surface area contributed by atoms with Crippen molar-refractivity contribution in [3.63, 3.8) is 0 Å². The number of aliphatic hydroxyl groups is 1. The number of hydrogen-bond acceptors (Lipinski definition) is 6. The highest BCUT2D eigenvalue weighted by Crippen LogP contribution is 2.38. The molecule has 0 radical (unpaired) electrons. The predicted octanol–water partition coefficient (Wildman–Crippen LogP) is 2.90. The average Bonchev–Trinajstić information content (AvgIpc) is 3.61. The Bertz CT molecular complexity index is 981. The molecular weight excluding hydrogens is 424 g/mol. The smallest absolute Gasteiger partial charge is 0.406 e. The van der Waals surface area contributed by atoms with Crippen LogP contribution in [0.25, 0.3) is 10.9 Å². The normalized spacial score (nSPS) is 19.3. The highest BCUT2D eigenvalue weighted by Gasteiger charge is 2.41. The maximum Gasteiger partial charge on any atom is 0.406 e. The predicted molar refractivity (Wildman–Crippen MR) is 123 cm³/mol. The van der Waals surface area contributed by atoms with Crippen LogP contribution in [-0.4, -0.2) is 64.2 Å². The molecule has 1 aliphatic carbocycles. The van der Waals surface area contributed by atoms with Gasteiger partial charge in [0.05, 0.1) is 31.0 Å². The lowest BCUT2D eigenvalue weighted by molar-refractivity contribution is -0.149. The molecule has 9 nitrogen and oxygen atoms in total. The lowest BCUT2D eigenvalue weighted by Crippen LogP contribution is -2.44. The molecule has 33 heavy (non-hydrogen) atoms. The summed E-state index contributed by atoms with van der Waals surface area (Å²) in [7, 11) is 1.34. The van der Waals surface area contributed by atoms with Gasteiger partial charge in [0, 0.05) is 36.7 Å². The van der Waals surface area contributed by atoms with E-state index in [0.29, 0.717) is 26.1 Å². The van der Waals surface area contributed by atoms with Crippen LogP contribution in [0.15, 0.2) is 18.2 Å². The number of aromatic nitrogens is 2. The van der Waals surface area contributed by atoms with Crippen LogP contribution in [0.5, 0.6) is 0 Å². The number of aryl methyl sites for hydroxylation is 1. The van der Waals surface area contributed by atoms with E-state index < -0.39 is 6.09 Å². The fourth-order valence-corrected chi connectivity index (χ4v) is 4.70. The maximum absolute atomic E-state index is 13.4. The van der Waals surface area contributed by atoms with E-state index in [2.05, 4.69) is 10.1 Å². The first kappa shape index (κ1) is 23.5. The summed E-state index contributed by atoms with van der Waals surface area (Å²) in [5.41, 5.74) is 2.49. The molecule has 2 aliphatic rings. The summed E-state index contributed by atoms with van der Waals surface area (Å²) in [6, 6.07) is 5.83. The Hall–Kier alpha value is -2.65. The Labute approximate surface area is 194 Å². The van der Waals surface area contributed by atoms with Gasteiger partial charge in [-0.2, -0.15) is 5.10 Å². The summed E-state index contributed by atoms with van der Waals surface area (Å²) in [4.78, 5) is 26.7. The molecule has 1 saturated heterocycles. The molecule has 2 aromatic rings. The molecular formula is C24H34N4O5. The topological polar surface area (TPSA) is 106 Å². The van der Waals surface area contributed by atoms with Gasteiger partial charge in [-0.05, 0) is 45.4 Å². The van der Waals surface area contributed by atoms with E-state index in [0.717, 1.165) is 54.3 Å². The Morgan fingerprint density at radius 1 is 1.33 bits per heavy atom. The third kappa shape index (κ3) is 5.14. The van der Waals surface area contributed by atoms with Crippen LogP contribution in [0.3, 0.4) is 0 Å². The second-order valence-electron chi connectivity index (χ2n) is 8.86. The van der Waals surface area contributed by atoms with Crippen molar-refractivity contribution in [1.29, 1.82) is 0 Å². The molecule has 2 N–H and O–H groups in total. The van der Waals surface area contributed by atoms with Gasteiger partial charge in [0.15, 0.2) is 0 Å². The van der Waals surface area contributed by atoms with Gasteiger partial charge in [0.2, 0.25) is 0 Å². The number of rotatable bonds is 9. The fourth-order valence-electron chi connectivity index (χ4n) is 4.70. The standard InChI is InChI=1S/C24H34N4O5/c1-16(28(18-10-11-18)23(30)20-9-3-4-14-33-20)21-19-8-5-7-17(15-29)22(19)27(26-21)13-6-12-25-24(31)32-2/h5,7-8,16,18,20,29H,3-4,6,9-15H2,1-2H3,(H,25,31)/t16-,20-/m1/s1. The van der Waals surface area contributed by atoms with Gasteiger partial charge < -0.3 is 24.8 Å². The number of aliphatic hydroxyl groups excluding tert-OH is 1. The van der Waals surface area contributed by atoms with Crippen LogP contribution in [0, 0.1) is 0 Å². The van der Waals surface area contributed by atoms with Gasteiger partial charge in [-0.3, -0.25) is 9.48 Å². The lowest BCUT2D eigenvalue weighted by Gasteiger charge is -2.33. The molecule has 9 heteroatoms. The van der Waals surface area contributed by atoms with Crippen LogP contribution < -0.4 is 5.32 Å². The first-order chi connectivity index (χ1) is 16.0. The first-order valence-corrected chi connectivity index (χ1v) is 11.9. The minimum absolute atomic E-state index is 0.0630. The van der Waals surface area contributed by atoms with E-state index in [9.17, 15) is 14.7 Å². The molecule has 0 bridgehead atoms. The van der Waals surface area contributed by atoms with E-state index in [1.807, 2.05) is 34.7 Å². The summed E-state index contributed by atoms with van der Waals surface area (Å²) in [6.07, 6.45) is 4.62. The quantitative estimate of drug-likeness (QED) is 0.560.